The molecule has 0 saturated heterocycles. The minimum absolute atomic E-state index is 0.0865. The Morgan fingerprint density at radius 3 is 2.67 bits per heavy atom. The summed E-state index contributed by atoms with van der Waals surface area (Å²) in [6, 6.07) is 15.9. The summed E-state index contributed by atoms with van der Waals surface area (Å²) in [5, 5.41) is 11.4. The smallest absolute Gasteiger partial charge is 0.338 e. The van der Waals surface area contributed by atoms with Crippen molar-refractivity contribution >= 4 is 29.1 Å². The zero-order chi connectivity index (χ0) is 27.7. The van der Waals surface area contributed by atoms with Crippen LogP contribution in [0.5, 0.6) is 5.75 Å². The third-order valence-corrected chi connectivity index (χ3v) is 7.20. The van der Waals surface area contributed by atoms with Gasteiger partial charge in [-0.3, -0.25) is 19.5 Å². The minimum atomic E-state index is -0.822. The predicted octanol–water partition coefficient (Wildman–Crippen LogP) is 3.98. The molecule has 1 aliphatic heterocycles. The van der Waals surface area contributed by atoms with Gasteiger partial charge in [0.2, 0.25) is 0 Å². The molecule has 1 unspecified atom stereocenters. The Labute approximate surface area is 225 Å². The standard InChI is InChI=1S/C28H23N3O7S/c1-4-37-27(33)24-16(2)29-28-30(25(24)19-10-6-8-12-21(19)36-3)26(32)23(39-28)15-17-13-14-22(38-17)18-9-5-7-11-20(18)31(34)35/h5-15,25H,4H2,1-3H3/b23-15+. The topological polar surface area (TPSA) is 126 Å². The molecule has 3 heterocycles. The summed E-state index contributed by atoms with van der Waals surface area (Å²) in [7, 11) is 1.52. The third kappa shape index (κ3) is 4.68. The van der Waals surface area contributed by atoms with Crippen LogP contribution >= 0.6 is 11.3 Å². The molecule has 0 spiro atoms. The number of rotatable bonds is 7. The SMILES string of the molecule is CCOC(=O)C1=C(C)N=c2s/c(=C/c3ccc(-c4ccccc4[N+](=O)[O-])o3)c(=O)n2C1c1ccccc1OC. The van der Waals surface area contributed by atoms with Crippen molar-refractivity contribution in [1.82, 2.24) is 4.57 Å². The summed E-state index contributed by atoms with van der Waals surface area (Å²) in [6.07, 6.45) is 1.56. The number of fused-ring (bicyclic) bond motifs is 1. The summed E-state index contributed by atoms with van der Waals surface area (Å²) in [5.41, 5.74) is 1.16. The van der Waals surface area contributed by atoms with E-state index in [1.165, 1.54) is 17.7 Å². The van der Waals surface area contributed by atoms with Crippen LogP contribution in [0.3, 0.4) is 0 Å². The van der Waals surface area contributed by atoms with E-state index >= 15 is 0 Å². The monoisotopic (exact) mass is 545 g/mol. The number of esters is 1. The molecule has 10 nitrogen and oxygen atoms in total. The minimum Gasteiger partial charge on any atom is -0.496 e. The van der Waals surface area contributed by atoms with Crippen LogP contribution in [-0.2, 0) is 9.53 Å². The number of carbonyl (C=O) groups excluding carboxylic acids is 1. The highest BCUT2D eigenvalue weighted by Crippen LogP contribution is 2.36. The number of nitrogens with zero attached hydrogens (tertiary/aromatic N) is 3. The Kier molecular flexibility index (Phi) is 6.99. The van der Waals surface area contributed by atoms with Gasteiger partial charge in [-0.15, -0.1) is 0 Å². The molecule has 0 N–H and O–H groups in total. The Hall–Kier alpha value is -4.77. The predicted molar refractivity (Wildman–Crippen MR) is 144 cm³/mol. The highest BCUT2D eigenvalue weighted by atomic mass is 32.1. The number of carbonyl (C=O) groups is 1. The molecule has 39 heavy (non-hydrogen) atoms. The fourth-order valence-corrected chi connectivity index (χ4v) is 5.55. The molecule has 0 bridgehead atoms. The van der Waals surface area contributed by atoms with Crippen molar-refractivity contribution in [3.05, 3.63) is 113 Å². The van der Waals surface area contributed by atoms with Gasteiger partial charge in [0.25, 0.3) is 11.2 Å². The molecular formula is C28H23N3O7S. The molecule has 0 fully saturated rings. The maximum absolute atomic E-state index is 13.8. The van der Waals surface area contributed by atoms with Crippen molar-refractivity contribution in [2.75, 3.05) is 13.7 Å². The highest BCUT2D eigenvalue weighted by molar-refractivity contribution is 7.07. The number of allylic oxidation sites excluding steroid dienone is 1. The van der Waals surface area contributed by atoms with Gasteiger partial charge in [0.15, 0.2) is 4.80 Å². The van der Waals surface area contributed by atoms with Crippen LogP contribution in [0.2, 0.25) is 0 Å². The second-order valence-corrected chi connectivity index (χ2v) is 9.53. The lowest BCUT2D eigenvalue weighted by molar-refractivity contribution is -0.384. The summed E-state index contributed by atoms with van der Waals surface area (Å²) in [5.74, 6) is 0.579. The van der Waals surface area contributed by atoms with E-state index < -0.39 is 16.9 Å². The van der Waals surface area contributed by atoms with Crippen LogP contribution < -0.4 is 19.6 Å². The van der Waals surface area contributed by atoms with Gasteiger partial charge in [-0.05, 0) is 38.1 Å². The van der Waals surface area contributed by atoms with Crippen LogP contribution in [0, 0.1) is 10.1 Å². The number of para-hydroxylation sites is 2. The first-order chi connectivity index (χ1) is 18.8. The maximum Gasteiger partial charge on any atom is 0.338 e. The average molecular weight is 546 g/mol. The number of aromatic nitrogens is 1. The first-order valence-corrected chi connectivity index (χ1v) is 12.8. The van der Waals surface area contributed by atoms with Gasteiger partial charge in [0, 0.05) is 17.7 Å². The number of ether oxygens (including phenoxy) is 2. The number of hydrogen-bond acceptors (Lipinski definition) is 9. The van der Waals surface area contributed by atoms with Crippen LogP contribution in [0.25, 0.3) is 17.4 Å². The molecule has 0 radical (unpaired) electrons. The van der Waals surface area contributed by atoms with Gasteiger partial charge in [-0.1, -0.05) is 41.7 Å². The van der Waals surface area contributed by atoms with Crippen molar-refractivity contribution in [3.8, 4) is 17.1 Å². The van der Waals surface area contributed by atoms with Gasteiger partial charge in [-0.25, -0.2) is 9.79 Å². The molecule has 5 rings (SSSR count). The normalized spacial score (nSPS) is 15.1. The lowest BCUT2D eigenvalue weighted by Crippen LogP contribution is -2.40. The van der Waals surface area contributed by atoms with Gasteiger partial charge in [-0.2, -0.15) is 0 Å². The van der Waals surface area contributed by atoms with Crippen LogP contribution in [0.1, 0.15) is 31.2 Å². The number of thiazole rings is 1. The molecular weight excluding hydrogens is 522 g/mol. The van der Waals surface area contributed by atoms with E-state index in [2.05, 4.69) is 4.99 Å². The van der Waals surface area contributed by atoms with E-state index in [1.807, 2.05) is 0 Å². The molecule has 1 aliphatic rings. The van der Waals surface area contributed by atoms with Crippen LogP contribution in [0.4, 0.5) is 5.69 Å². The van der Waals surface area contributed by atoms with Crippen molar-refractivity contribution in [2.24, 2.45) is 4.99 Å². The molecule has 0 amide bonds. The van der Waals surface area contributed by atoms with Gasteiger partial charge >= 0.3 is 5.97 Å². The quantitative estimate of drug-likeness (QED) is 0.195. The summed E-state index contributed by atoms with van der Waals surface area (Å²) in [6.45, 7) is 3.58. The second kappa shape index (κ2) is 10.5. The summed E-state index contributed by atoms with van der Waals surface area (Å²) >= 11 is 1.15. The number of nitro groups is 1. The number of benzene rings is 2. The molecule has 2 aromatic heterocycles. The first-order valence-electron chi connectivity index (χ1n) is 12.0. The number of nitro benzene ring substituents is 1. The van der Waals surface area contributed by atoms with Crippen molar-refractivity contribution < 1.29 is 23.6 Å². The number of hydrogen-bond donors (Lipinski definition) is 0. The average Bonchev–Trinajstić information content (AvgIpc) is 3.52. The molecule has 0 saturated carbocycles. The second-order valence-electron chi connectivity index (χ2n) is 8.52. The Morgan fingerprint density at radius 2 is 1.92 bits per heavy atom. The molecule has 1 atom stereocenters. The molecule has 2 aromatic carbocycles. The van der Waals surface area contributed by atoms with E-state index in [0.717, 1.165) is 11.3 Å². The van der Waals surface area contributed by atoms with Crippen LogP contribution in [-0.4, -0.2) is 29.2 Å². The largest absolute Gasteiger partial charge is 0.496 e. The Bertz CT molecular complexity index is 1810. The fourth-order valence-electron chi connectivity index (χ4n) is 4.52. The zero-order valence-electron chi connectivity index (χ0n) is 21.2. The van der Waals surface area contributed by atoms with E-state index in [-0.39, 0.29) is 23.4 Å². The number of methoxy groups -OCH3 is 1. The third-order valence-electron chi connectivity index (χ3n) is 6.22. The molecule has 4 aromatic rings. The Morgan fingerprint density at radius 1 is 1.18 bits per heavy atom. The Balaban J connectivity index is 1.66. The van der Waals surface area contributed by atoms with E-state index in [0.29, 0.717) is 43.4 Å². The lowest BCUT2D eigenvalue weighted by Gasteiger charge is -2.25. The highest BCUT2D eigenvalue weighted by Gasteiger charge is 2.35. The van der Waals surface area contributed by atoms with E-state index in [9.17, 15) is 19.7 Å². The zero-order valence-corrected chi connectivity index (χ0v) is 22.1. The van der Waals surface area contributed by atoms with Crippen molar-refractivity contribution in [1.29, 1.82) is 0 Å². The van der Waals surface area contributed by atoms with E-state index in [1.54, 1.807) is 74.5 Å². The molecule has 0 aliphatic carbocycles. The summed E-state index contributed by atoms with van der Waals surface area (Å²) < 4.78 is 18.5. The molecule has 11 heteroatoms. The van der Waals surface area contributed by atoms with Crippen molar-refractivity contribution in [3.63, 3.8) is 0 Å². The number of furan rings is 1. The first kappa shape index (κ1) is 25.9. The van der Waals surface area contributed by atoms with Gasteiger partial charge in [0.1, 0.15) is 23.3 Å². The fraction of sp³-hybridized carbons (Fsp3) is 0.179. The van der Waals surface area contributed by atoms with Gasteiger partial charge < -0.3 is 13.9 Å². The molecule has 198 valence electrons. The van der Waals surface area contributed by atoms with Crippen LogP contribution in [0.15, 0.2) is 86.1 Å². The van der Waals surface area contributed by atoms with Gasteiger partial charge in [0.05, 0.1) is 40.0 Å². The van der Waals surface area contributed by atoms with Crippen molar-refractivity contribution in [2.45, 2.75) is 19.9 Å². The summed E-state index contributed by atoms with van der Waals surface area (Å²) in [4.78, 5) is 42.8. The maximum atomic E-state index is 13.8. The lowest BCUT2D eigenvalue weighted by atomic mass is 9.95. The van der Waals surface area contributed by atoms with E-state index in [4.69, 9.17) is 13.9 Å².